The normalized spacial score (nSPS) is 9.93. The number of benzene rings is 1. The van der Waals surface area contributed by atoms with E-state index in [4.69, 9.17) is 0 Å². The smallest absolute Gasteiger partial charge is 0.0580 e. The maximum absolute atomic E-state index is 3.27. The Morgan fingerprint density at radius 1 is 1.27 bits per heavy atom. The summed E-state index contributed by atoms with van der Waals surface area (Å²) in [6.45, 7) is 3.79. The van der Waals surface area contributed by atoms with Crippen LogP contribution in [0, 0.1) is 11.8 Å². The fourth-order valence-electron chi connectivity index (χ4n) is 1.17. The van der Waals surface area contributed by atoms with Gasteiger partial charge in [0.1, 0.15) is 0 Å². The Labute approximate surface area is 92.2 Å². The van der Waals surface area contributed by atoms with E-state index in [0.717, 1.165) is 25.1 Å². The molecule has 1 nitrogen and oxygen atoms in total. The molecule has 0 aromatic heterocycles. The second-order valence-corrected chi connectivity index (χ2v) is 3.20. The van der Waals surface area contributed by atoms with Crippen molar-refractivity contribution in [2.24, 2.45) is 0 Å². The number of rotatable bonds is 4. The highest BCUT2D eigenvalue weighted by atomic mass is 14.8. The topological polar surface area (TPSA) is 12.0 Å². The first kappa shape index (κ1) is 11.6. The Balaban J connectivity index is 2.18. The van der Waals surface area contributed by atoms with Crippen molar-refractivity contribution in [1.82, 2.24) is 5.32 Å². The molecule has 0 aliphatic heterocycles. The third-order valence-corrected chi connectivity index (χ3v) is 1.94. The number of hydrogen-bond donors (Lipinski definition) is 1. The molecule has 1 rings (SSSR count). The van der Waals surface area contributed by atoms with Crippen molar-refractivity contribution >= 4 is 0 Å². The molecule has 1 aromatic rings. The predicted molar refractivity (Wildman–Crippen MR) is 65.6 cm³/mol. The maximum Gasteiger partial charge on any atom is 0.0580 e. The molecular formula is C14H17N. The van der Waals surface area contributed by atoms with Gasteiger partial charge < -0.3 is 5.32 Å². The molecule has 0 fully saturated rings. The molecular weight excluding hydrogens is 182 g/mol. The number of hydrogen-bond acceptors (Lipinski definition) is 1. The zero-order valence-electron chi connectivity index (χ0n) is 9.16. The summed E-state index contributed by atoms with van der Waals surface area (Å²) in [5.74, 6) is 6.20. The summed E-state index contributed by atoms with van der Waals surface area (Å²) in [4.78, 5) is 0. The summed E-state index contributed by atoms with van der Waals surface area (Å²) >= 11 is 0. The van der Waals surface area contributed by atoms with Crippen molar-refractivity contribution in [3.8, 4) is 11.8 Å². The highest BCUT2D eigenvalue weighted by Crippen LogP contribution is 1.94. The van der Waals surface area contributed by atoms with E-state index in [1.165, 1.54) is 0 Å². The van der Waals surface area contributed by atoms with Gasteiger partial charge in [0.2, 0.25) is 0 Å². The second-order valence-electron chi connectivity index (χ2n) is 3.20. The monoisotopic (exact) mass is 199 g/mol. The Kier molecular flexibility index (Phi) is 6.04. The molecule has 0 bridgehead atoms. The zero-order chi connectivity index (χ0) is 10.8. The van der Waals surface area contributed by atoms with Crippen molar-refractivity contribution in [2.45, 2.75) is 13.3 Å². The van der Waals surface area contributed by atoms with Gasteiger partial charge in [0.25, 0.3) is 0 Å². The second kappa shape index (κ2) is 7.84. The molecule has 1 heteroatoms. The van der Waals surface area contributed by atoms with Gasteiger partial charge in [-0.25, -0.2) is 0 Å². The minimum atomic E-state index is 0.756. The average molecular weight is 199 g/mol. The van der Waals surface area contributed by atoms with Crippen molar-refractivity contribution in [3.63, 3.8) is 0 Å². The quantitative estimate of drug-likeness (QED) is 0.446. The van der Waals surface area contributed by atoms with Gasteiger partial charge in [-0.2, -0.15) is 0 Å². The fraction of sp³-hybridized carbons (Fsp3) is 0.286. The van der Waals surface area contributed by atoms with Gasteiger partial charge in [0, 0.05) is 5.56 Å². The number of allylic oxidation sites excluding steroid dienone is 1. The summed E-state index contributed by atoms with van der Waals surface area (Å²) in [7, 11) is 0. The van der Waals surface area contributed by atoms with Crippen LogP contribution in [0.5, 0.6) is 0 Å². The lowest BCUT2D eigenvalue weighted by molar-refractivity contribution is 0.765. The van der Waals surface area contributed by atoms with E-state index in [1.54, 1.807) is 0 Å². The predicted octanol–water partition coefficient (Wildman–Crippen LogP) is 2.59. The van der Waals surface area contributed by atoms with E-state index in [-0.39, 0.29) is 0 Å². The third-order valence-electron chi connectivity index (χ3n) is 1.94. The molecule has 15 heavy (non-hydrogen) atoms. The van der Waals surface area contributed by atoms with Crippen LogP contribution in [0.25, 0.3) is 0 Å². The van der Waals surface area contributed by atoms with Crippen LogP contribution >= 0.6 is 0 Å². The molecule has 0 aliphatic carbocycles. The first-order valence-electron chi connectivity index (χ1n) is 5.29. The van der Waals surface area contributed by atoms with Crippen LogP contribution in [-0.2, 0) is 0 Å². The van der Waals surface area contributed by atoms with Gasteiger partial charge >= 0.3 is 0 Å². The zero-order valence-corrected chi connectivity index (χ0v) is 9.16. The lowest BCUT2D eigenvalue weighted by Crippen LogP contribution is -2.14. The molecule has 0 heterocycles. The van der Waals surface area contributed by atoms with E-state index in [2.05, 4.69) is 29.3 Å². The van der Waals surface area contributed by atoms with Crippen molar-refractivity contribution < 1.29 is 0 Å². The Morgan fingerprint density at radius 3 is 2.80 bits per heavy atom. The third kappa shape index (κ3) is 5.72. The highest BCUT2D eigenvalue weighted by molar-refractivity contribution is 5.33. The Morgan fingerprint density at radius 2 is 2.07 bits per heavy atom. The average Bonchev–Trinajstić information content (AvgIpc) is 2.29. The molecule has 1 aromatic carbocycles. The van der Waals surface area contributed by atoms with Gasteiger partial charge in [-0.1, -0.05) is 42.2 Å². The Bertz CT molecular complexity index is 341. The van der Waals surface area contributed by atoms with E-state index in [9.17, 15) is 0 Å². The van der Waals surface area contributed by atoms with Crippen LogP contribution in [0.3, 0.4) is 0 Å². The van der Waals surface area contributed by atoms with Crippen LogP contribution in [0.15, 0.2) is 42.5 Å². The first-order chi connectivity index (χ1) is 7.43. The largest absolute Gasteiger partial charge is 0.306 e. The van der Waals surface area contributed by atoms with Crippen LogP contribution in [0.1, 0.15) is 18.9 Å². The highest BCUT2D eigenvalue weighted by Gasteiger charge is 1.82. The molecule has 0 saturated carbocycles. The lowest BCUT2D eigenvalue weighted by atomic mass is 10.2. The minimum absolute atomic E-state index is 0.756. The van der Waals surface area contributed by atoms with Crippen LogP contribution in [-0.4, -0.2) is 13.1 Å². The summed E-state index contributed by atoms with van der Waals surface area (Å²) < 4.78 is 0. The van der Waals surface area contributed by atoms with E-state index < -0.39 is 0 Å². The first-order valence-corrected chi connectivity index (χ1v) is 5.29. The SMILES string of the molecule is C/C=C/CCNCC#Cc1ccccc1. The summed E-state index contributed by atoms with van der Waals surface area (Å²) in [5, 5.41) is 3.27. The van der Waals surface area contributed by atoms with Crippen LogP contribution in [0.4, 0.5) is 0 Å². The molecule has 0 atom stereocenters. The standard InChI is InChI=1S/C14H17N/c1-2-3-7-12-15-13-8-11-14-9-5-4-6-10-14/h2-6,9-10,15H,7,12-13H2,1H3/b3-2+. The van der Waals surface area contributed by atoms with Gasteiger partial charge in [0.05, 0.1) is 6.54 Å². The molecule has 78 valence electrons. The minimum Gasteiger partial charge on any atom is -0.306 e. The maximum atomic E-state index is 3.27. The lowest BCUT2D eigenvalue weighted by Gasteiger charge is -1.94. The summed E-state index contributed by atoms with van der Waals surface area (Å²) in [5.41, 5.74) is 1.08. The van der Waals surface area contributed by atoms with Crippen LogP contribution < -0.4 is 5.32 Å². The molecule has 0 saturated heterocycles. The van der Waals surface area contributed by atoms with Gasteiger partial charge in [-0.3, -0.25) is 0 Å². The molecule has 0 amide bonds. The molecule has 0 aliphatic rings. The summed E-state index contributed by atoms with van der Waals surface area (Å²) in [6, 6.07) is 10.0. The van der Waals surface area contributed by atoms with Crippen LogP contribution in [0.2, 0.25) is 0 Å². The van der Waals surface area contributed by atoms with Gasteiger partial charge in [0.15, 0.2) is 0 Å². The molecule has 0 radical (unpaired) electrons. The number of nitrogens with one attached hydrogen (secondary N) is 1. The van der Waals surface area contributed by atoms with Crippen molar-refractivity contribution in [2.75, 3.05) is 13.1 Å². The van der Waals surface area contributed by atoms with E-state index in [1.807, 2.05) is 37.3 Å². The Hall–Kier alpha value is -1.52. The summed E-state index contributed by atoms with van der Waals surface area (Å²) in [6.07, 6.45) is 5.29. The van der Waals surface area contributed by atoms with E-state index in [0.29, 0.717) is 0 Å². The van der Waals surface area contributed by atoms with Crippen molar-refractivity contribution in [1.29, 1.82) is 0 Å². The fourth-order valence-corrected chi connectivity index (χ4v) is 1.17. The van der Waals surface area contributed by atoms with E-state index >= 15 is 0 Å². The molecule has 0 unspecified atom stereocenters. The molecule has 1 N–H and O–H groups in total. The van der Waals surface area contributed by atoms with Gasteiger partial charge in [-0.15, -0.1) is 0 Å². The van der Waals surface area contributed by atoms with Crippen molar-refractivity contribution in [3.05, 3.63) is 48.0 Å². The van der Waals surface area contributed by atoms with Gasteiger partial charge in [-0.05, 0) is 32.0 Å². The molecule has 0 spiro atoms.